The van der Waals surface area contributed by atoms with Gasteiger partial charge in [-0.15, -0.1) is 0 Å². The summed E-state index contributed by atoms with van der Waals surface area (Å²) < 4.78 is 5.16. The largest absolute Gasteiger partial charge is 0.459 e. The lowest BCUT2D eigenvalue weighted by atomic mass is 10.0. The maximum Gasteiger partial charge on any atom is 0.287 e. The molecule has 2 rings (SSSR count). The molecule has 2 heterocycles. The van der Waals surface area contributed by atoms with Gasteiger partial charge in [0.2, 0.25) is 0 Å². The van der Waals surface area contributed by atoms with Crippen LogP contribution in [0.2, 0.25) is 0 Å². The van der Waals surface area contributed by atoms with Crippen LogP contribution in [0.15, 0.2) is 16.7 Å². The summed E-state index contributed by atoms with van der Waals surface area (Å²) in [6.07, 6.45) is 2.67. The maximum absolute atomic E-state index is 11.9. The van der Waals surface area contributed by atoms with Crippen molar-refractivity contribution in [2.24, 2.45) is 5.92 Å². The Kier molecular flexibility index (Phi) is 3.29. The van der Waals surface area contributed by atoms with Gasteiger partial charge in [0, 0.05) is 11.6 Å². The van der Waals surface area contributed by atoms with Gasteiger partial charge in [-0.2, -0.15) is 0 Å². The molecule has 4 heteroatoms. The van der Waals surface area contributed by atoms with E-state index in [1.54, 1.807) is 12.3 Å². The molecule has 0 aliphatic carbocycles. The van der Waals surface area contributed by atoms with Crippen molar-refractivity contribution in [2.45, 2.75) is 26.3 Å². The molecule has 4 nitrogen and oxygen atoms in total. The van der Waals surface area contributed by atoms with E-state index in [0.29, 0.717) is 11.7 Å². The molecular weight excluding hydrogens is 204 g/mol. The molecule has 2 atom stereocenters. The summed E-state index contributed by atoms with van der Waals surface area (Å²) in [4.78, 5) is 11.9. The van der Waals surface area contributed by atoms with Gasteiger partial charge in [0.15, 0.2) is 5.76 Å². The number of furan rings is 1. The molecule has 16 heavy (non-hydrogen) atoms. The van der Waals surface area contributed by atoms with Crippen LogP contribution < -0.4 is 10.6 Å². The number of hydrogen-bond acceptors (Lipinski definition) is 3. The molecule has 0 spiro atoms. The Labute approximate surface area is 95.4 Å². The minimum Gasteiger partial charge on any atom is -0.459 e. The first-order chi connectivity index (χ1) is 7.68. The summed E-state index contributed by atoms with van der Waals surface area (Å²) in [5, 5.41) is 6.29. The highest BCUT2D eigenvalue weighted by Crippen LogP contribution is 2.14. The first-order valence-electron chi connectivity index (χ1n) is 5.74. The van der Waals surface area contributed by atoms with E-state index in [0.717, 1.165) is 25.1 Å². The second-order valence-electron chi connectivity index (χ2n) is 4.45. The lowest BCUT2D eigenvalue weighted by Gasteiger charge is -2.19. The standard InChI is InChI=1S/C12H18N2O2/c1-8-4-6-16-11(8)12(15)14-9(2)10-3-5-13-7-10/h4,6,9-10,13H,3,5,7H2,1-2H3,(H,14,15). The van der Waals surface area contributed by atoms with Crippen molar-refractivity contribution in [1.82, 2.24) is 10.6 Å². The van der Waals surface area contributed by atoms with Crippen molar-refractivity contribution < 1.29 is 9.21 Å². The number of rotatable bonds is 3. The number of amides is 1. The van der Waals surface area contributed by atoms with Crippen LogP contribution in [0.5, 0.6) is 0 Å². The molecule has 1 saturated heterocycles. The first kappa shape index (κ1) is 11.2. The van der Waals surface area contributed by atoms with Gasteiger partial charge in [0.1, 0.15) is 0 Å². The van der Waals surface area contributed by atoms with Gasteiger partial charge in [0.25, 0.3) is 5.91 Å². The highest BCUT2D eigenvalue weighted by Gasteiger charge is 2.24. The van der Waals surface area contributed by atoms with Crippen LogP contribution in [0.3, 0.4) is 0 Å². The van der Waals surface area contributed by atoms with Gasteiger partial charge in [-0.3, -0.25) is 4.79 Å². The summed E-state index contributed by atoms with van der Waals surface area (Å²) in [6.45, 7) is 5.96. The van der Waals surface area contributed by atoms with Crippen molar-refractivity contribution in [3.8, 4) is 0 Å². The van der Waals surface area contributed by atoms with Crippen molar-refractivity contribution in [2.75, 3.05) is 13.1 Å². The zero-order valence-electron chi connectivity index (χ0n) is 9.75. The monoisotopic (exact) mass is 222 g/mol. The molecular formula is C12H18N2O2. The molecule has 0 bridgehead atoms. The van der Waals surface area contributed by atoms with Gasteiger partial charge < -0.3 is 15.1 Å². The molecule has 1 aromatic heterocycles. The van der Waals surface area contributed by atoms with E-state index < -0.39 is 0 Å². The van der Waals surface area contributed by atoms with Crippen LogP contribution >= 0.6 is 0 Å². The third-order valence-corrected chi connectivity index (χ3v) is 3.23. The zero-order chi connectivity index (χ0) is 11.5. The van der Waals surface area contributed by atoms with Gasteiger partial charge in [0.05, 0.1) is 6.26 Å². The highest BCUT2D eigenvalue weighted by molar-refractivity contribution is 5.92. The van der Waals surface area contributed by atoms with Crippen molar-refractivity contribution in [3.63, 3.8) is 0 Å². The van der Waals surface area contributed by atoms with E-state index in [-0.39, 0.29) is 11.9 Å². The fraction of sp³-hybridized carbons (Fsp3) is 0.583. The summed E-state index contributed by atoms with van der Waals surface area (Å²) in [5.74, 6) is 0.846. The summed E-state index contributed by atoms with van der Waals surface area (Å²) in [5.41, 5.74) is 0.884. The third kappa shape index (κ3) is 2.27. The average molecular weight is 222 g/mol. The van der Waals surface area contributed by atoms with Crippen molar-refractivity contribution >= 4 is 5.91 Å². The molecule has 0 radical (unpaired) electrons. The van der Waals surface area contributed by atoms with Crippen molar-refractivity contribution in [3.05, 3.63) is 23.7 Å². The molecule has 1 aliphatic heterocycles. The van der Waals surface area contributed by atoms with Crippen molar-refractivity contribution in [1.29, 1.82) is 0 Å². The van der Waals surface area contributed by atoms with E-state index in [1.807, 2.05) is 13.8 Å². The van der Waals surface area contributed by atoms with Crippen LogP contribution in [0.1, 0.15) is 29.5 Å². The normalized spacial score (nSPS) is 22.0. The summed E-state index contributed by atoms with van der Waals surface area (Å²) in [6, 6.07) is 1.99. The molecule has 88 valence electrons. The maximum atomic E-state index is 11.9. The number of aryl methyl sites for hydroxylation is 1. The topological polar surface area (TPSA) is 54.3 Å². The predicted molar refractivity (Wildman–Crippen MR) is 61.3 cm³/mol. The predicted octanol–water partition coefficient (Wildman–Crippen LogP) is 1.32. The number of nitrogens with one attached hydrogen (secondary N) is 2. The number of hydrogen-bond donors (Lipinski definition) is 2. The minimum atomic E-state index is -0.109. The lowest BCUT2D eigenvalue weighted by molar-refractivity contribution is 0.0900. The Bertz CT molecular complexity index is 367. The minimum absolute atomic E-state index is 0.109. The van der Waals surface area contributed by atoms with E-state index in [2.05, 4.69) is 10.6 Å². The zero-order valence-corrected chi connectivity index (χ0v) is 9.75. The Morgan fingerprint density at radius 1 is 1.69 bits per heavy atom. The Morgan fingerprint density at radius 3 is 3.06 bits per heavy atom. The van der Waals surface area contributed by atoms with Crippen LogP contribution in [0.4, 0.5) is 0 Å². The quantitative estimate of drug-likeness (QED) is 0.811. The van der Waals surface area contributed by atoms with Crippen LogP contribution in [0.25, 0.3) is 0 Å². The Morgan fingerprint density at radius 2 is 2.50 bits per heavy atom. The van der Waals surface area contributed by atoms with Gasteiger partial charge in [-0.1, -0.05) is 0 Å². The Balaban J connectivity index is 1.94. The second-order valence-corrected chi connectivity index (χ2v) is 4.45. The highest BCUT2D eigenvalue weighted by atomic mass is 16.3. The first-order valence-corrected chi connectivity index (χ1v) is 5.74. The fourth-order valence-corrected chi connectivity index (χ4v) is 2.10. The molecule has 1 fully saturated rings. The summed E-state index contributed by atoms with van der Waals surface area (Å²) in [7, 11) is 0. The number of carbonyl (C=O) groups is 1. The van der Waals surface area contributed by atoms with Gasteiger partial charge in [-0.25, -0.2) is 0 Å². The fourth-order valence-electron chi connectivity index (χ4n) is 2.10. The molecule has 1 aliphatic rings. The van der Waals surface area contributed by atoms with E-state index in [4.69, 9.17) is 4.42 Å². The van der Waals surface area contributed by atoms with E-state index in [9.17, 15) is 4.79 Å². The SMILES string of the molecule is Cc1ccoc1C(=O)NC(C)C1CCNC1. The van der Waals surface area contributed by atoms with E-state index >= 15 is 0 Å². The van der Waals surface area contributed by atoms with E-state index in [1.165, 1.54) is 0 Å². The van der Waals surface area contributed by atoms with Gasteiger partial charge in [-0.05, 0) is 45.3 Å². The molecule has 1 aromatic rings. The third-order valence-electron chi connectivity index (χ3n) is 3.23. The average Bonchev–Trinajstić information content (AvgIpc) is 2.86. The summed E-state index contributed by atoms with van der Waals surface area (Å²) >= 11 is 0. The molecule has 1 amide bonds. The molecule has 2 unspecified atom stereocenters. The van der Waals surface area contributed by atoms with Crippen LogP contribution in [-0.4, -0.2) is 25.0 Å². The smallest absolute Gasteiger partial charge is 0.287 e. The second kappa shape index (κ2) is 4.70. The molecule has 0 saturated carbocycles. The Hall–Kier alpha value is -1.29. The molecule has 0 aromatic carbocycles. The van der Waals surface area contributed by atoms with Gasteiger partial charge >= 0.3 is 0 Å². The van der Waals surface area contributed by atoms with Crippen LogP contribution in [0, 0.1) is 12.8 Å². The van der Waals surface area contributed by atoms with Crippen LogP contribution in [-0.2, 0) is 0 Å². The number of carbonyl (C=O) groups excluding carboxylic acids is 1. The molecule has 2 N–H and O–H groups in total. The lowest BCUT2D eigenvalue weighted by Crippen LogP contribution is -2.39.